The zero-order valence-electron chi connectivity index (χ0n) is 35.6. The van der Waals surface area contributed by atoms with E-state index >= 15 is 0 Å². The highest BCUT2D eigenvalue weighted by molar-refractivity contribution is 5.80. The molecule has 0 aliphatic heterocycles. The third kappa shape index (κ3) is 24.4. The molecule has 3 aromatic rings. The Kier molecular flexibility index (Phi) is 30.2. The van der Waals surface area contributed by atoms with Gasteiger partial charge in [-0.2, -0.15) is 0 Å². The molecule has 0 bridgehead atoms. The van der Waals surface area contributed by atoms with E-state index in [2.05, 4.69) is 41.7 Å². The van der Waals surface area contributed by atoms with Gasteiger partial charge < -0.3 is 62.5 Å². The number of carboxylic acid groups (broad SMARTS) is 1. The van der Waals surface area contributed by atoms with Gasteiger partial charge in [0.1, 0.15) is 5.60 Å². The first kappa shape index (κ1) is 51.5. The van der Waals surface area contributed by atoms with E-state index in [9.17, 15) is 9.59 Å². The van der Waals surface area contributed by atoms with Gasteiger partial charge in [0.2, 0.25) is 5.91 Å². The number of carboxylic acids is 1. The topological polar surface area (TPSA) is 168 Å². The molecule has 0 radical (unpaired) electrons. The van der Waals surface area contributed by atoms with Crippen molar-refractivity contribution >= 4 is 11.9 Å². The highest BCUT2D eigenvalue weighted by Crippen LogP contribution is 2.40. The van der Waals surface area contributed by atoms with Crippen LogP contribution in [0.2, 0.25) is 0 Å². The average Bonchev–Trinajstić information content (AvgIpc) is 3.29. The maximum absolute atomic E-state index is 11.4. The van der Waals surface area contributed by atoms with Crippen LogP contribution in [-0.4, -0.2) is 162 Å². The van der Waals surface area contributed by atoms with Gasteiger partial charge in [-0.25, -0.2) is 0 Å². The van der Waals surface area contributed by atoms with E-state index in [1.165, 1.54) is 0 Å². The highest BCUT2D eigenvalue weighted by atomic mass is 16.6. The van der Waals surface area contributed by atoms with E-state index in [0.717, 1.165) is 16.7 Å². The zero-order valence-corrected chi connectivity index (χ0v) is 35.6. The standard InChI is InChI=1S/C46H67NO14/c48-44(17-18-45(49)50)47-19-10-20-51-21-22-52-23-24-53-25-26-54-27-28-55-29-30-56-31-32-57-33-34-58-35-36-59-37-38-60-39-40-61-46(41-11-4-1-5-12-41,42-13-6-2-7-14-42)43-15-8-3-9-16-43/h1-9,11-16H,10,17-40H2,(H,47,48)(H,49,50). The molecule has 61 heavy (non-hydrogen) atoms. The lowest BCUT2D eigenvalue weighted by Gasteiger charge is -2.36. The van der Waals surface area contributed by atoms with Gasteiger partial charge in [-0.3, -0.25) is 9.59 Å². The molecule has 0 saturated heterocycles. The van der Waals surface area contributed by atoms with Crippen LogP contribution in [0.15, 0.2) is 91.0 Å². The molecular formula is C46H67NO14. The Hall–Kier alpha value is -3.84. The number of amides is 1. The number of benzene rings is 3. The molecule has 3 rings (SSSR count). The summed E-state index contributed by atoms with van der Waals surface area (Å²) in [5, 5.41) is 11.2. The Bertz CT molecular complexity index is 1370. The van der Waals surface area contributed by atoms with Crippen molar-refractivity contribution in [3.63, 3.8) is 0 Å². The van der Waals surface area contributed by atoms with Crippen LogP contribution >= 0.6 is 0 Å². The van der Waals surface area contributed by atoms with Crippen molar-refractivity contribution in [2.45, 2.75) is 24.9 Å². The minimum atomic E-state index is -0.984. The summed E-state index contributed by atoms with van der Waals surface area (Å²) in [6, 6.07) is 30.9. The minimum absolute atomic E-state index is 0.0132. The Balaban J connectivity index is 1.01. The number of carbonyl (C=O) groups excluding carboxylic acids is 1. The van der Waals surface area contributed by atoms with Crippen LogP contribution in [-0.2, 0) is 67.3 Å². The lowest BCUT2D eigenvalue weighted by atomic mass is 9.80. The van der Waals surface area contributed by atoms with E-state index in [-0.39, 0.29) is 18.7 Å². The summed E-state index contributed by atoms with van der Waals surface area (Å²) < 4.78 is 62.3. The van der Waals surface area contributed by atoms with Crippen molar-refractivity contribution in [2.24, 2.45) is 0 Å². The molecule has 0 fully saturated rings. The maximum Gasteiger partial charge on any atom is 0.303 e. The molecule has 0 atom stereocenters. The van der Waals surface area contributed by atoms with Gasteiger partial charge in [0.15, 0.2) is 0 Å². The summed E-state index contributed by atoms with van der Waals surface area (Å²) in [7, 11) is 0. The first-order valence-corrected chi connectivity index (χ1v) is 21.2. The number of hydrogen-bond acceptors (Lipinski definition) is 13. The molecular weight excluding hydrogens is 790 g/mol. The quantitative estimate of drug-likeness (QED) is 0.0604. The van der Waals surface area contributed by atoms with Gasteiger partial charge in [0.25, 0.3) is 0 Å². The van der Waals surface area contributed by atoms with Gasteiger partial charge >= 0.3 is 5.97 Å². The molecule has 15 nitrogen and oxygen atoms in total. The summed E-state index contributed by atoms with van der Waals surface area (Å²) in [4.78, 5) is 21.8. The molecule has 0 heterocycles. The van der Waals surface area contributed by atoms with E-state index < -0.39 is 11.6 Å². The molecule has 0 aromatic heterocycles. The third-order valence-corrected chi connectivity index (χ3v) is 8.79. The van der Waals surface area contributed by atoms with Crippen LogP contribution in [0.3, 0.4) is 0 Å². The number of hydrogen-bond donors (Lipinski definition) is 2. The lowest BCUT2D eigenvalue weighted by Crippen LogP contribution is -2.34. The molecule has 0 aliphatic carbocycles. The molecule has 0 unspecified atom stereocenters. The van der Waals surface area contributed by atoms with Crippen LogP contribution in [0.5, 0.6) is 0 Å². The molecule has 1 amide bonds. The highest BCUT2D eigenvalue weighted by Gasteiger charge is 2.37. The largest absolute Gasteiger partial charge is 0.481 e. The first-order chi connectivity index (χ1) is 30.1. The van der Waals surface area contributed by atoms with E-state index in [1.54, 1.807) is 0 Å². The fraction of sp³-hybridized carbons (Fsp3) is 0.565. The molecule has 0 saturated carbocycles. The molecule has 15 heteroatoms. The molecule has 0 spiro atoms. The van der Waals surface area contributed by atoms with E-state index in [4.69, 9.17) is 57.2 Å². The van der Waals surface area contributed by atoms with Crippen LogP contribution in [0, 0.1) is 0 Å². The molecule has 0 aliphatic rings. The van der Waals surface area contributed by atoms with Gasteiger partial charge in [0.05, 0.1) is 139 Å². The summed E-state index contributed by atoms with van der Waals surface area (Å²) in [5.41, 5.74) is 2.42. The summed E-state index contributed by atoms with van der Waals surface area (Å²) in [6.07, 6.45) is 0.468. The normalized spacial score (nSPS) is 11.5. The number of carbonyl (C=O) groups is 2. The van der Waals surface area contributed by atoms with Crippen LogP contribution in [0.4, 0.5) is 0 Å². The predicted molar refractivity (Wildman–Crippen MR) is 228 cm³/mol. The first-order valence-electron chi connectivity index (χ1n) is 21.2. The SMILES string of the molecule is O=C(O)CCC(=O)NCCCOCCOCCOCCOCCOCCOCCOCCOCCOCCOCCOC(c1ccccc1)(c1ccccc1)c1ccccc1. The smallest absolute Gasteiger partial charge is 0.303 e. The Morgan fingerprint density at radius 1 is 0.393 bits per heavy atom. The van der Waals surface area contributed by atoms with Crippen molar-refractivity contribution in [3.8, 4) is 0 Å². The number of aliphatic carboxylic acids is 1. The Labute approximate surface area is 361 Å². The van der Waals surface area contributed by atoms with E-state index in [0.29, 0.717) is 152 Å². The second kappa shape index (κ2) is 35.7. The lowest BCUT2D eigenvalue weighted by molar-refractivity contribution is -0.138. The van der Waals surface area contributed by atoms with Crippen molar-refractivity contribution in [2.75, 3.05) is 145 Å². The second-order valence-electron chi connectivity index (χ2n) is 13.3. The molecule has 2 N–H and O–H groups in total. The minimum Gasteiger partial charge on any atom is -0.481 e. The Morgan fingerprint density at radius 2 is 0.672 bits per heavy atom. The van der Waals surface area contributed by atoms with Gasteiger partial charge in [0, 0.05) is 19.6 Å². The van der Waals surface area contributed by atoms with E-state index in [1.807, 2.05) is 54.6 Å². The van der Waals surface area contributed by atoms with Gasteiger partial charge in [-0.1, -0.05) is 91.0 Å². The van der Waals surface area contributed by atoms with Crippen molar-refractivity contribution in [1.82, 2.24) is 5.32 Å². The number of rotatable bonds is 41. The number of ether oxygens (including phenoxy) is 11. The van der Waals surface area contributed by atoms with Crippen molar-refractivity contribution < 1.29 is 66.8 Å². The monoisotopic (exact) mass is 857 g/mol. The zero-order chi connectivity index (χ0) is 43.2. The average molecular weight is 858 g/mol. The van der Waals surface area contributed by atoms with Gasteiger partial charge in [-0.05, 0) is 23.1 Å². The summed E-state index contributed by atoms with van der Waals surface area (Å²) >= 11 is 0. The fourth-order valence-corrected chi connectivity index (χ4v) is 5.81. The van der Waals surface area contributed by atoms with Crippen molar-refractivity contribution in [1.29, 1.82) is 0 Å². The number of nitrogens with one attached hydrogen (secondary N) is 1. The molecule has 3 aromatic carbocycles. The fourth-order valence-electron chi connectivity index (χ4n) is 5.81. The predicted octanol–water partition coefficient (Wildman–Crippen LogP) is 4.53. The second-order valence-corrected chi connectivity index (χ2v) is 13.3. The van der Waals surface area contributed by atoms with Crippen LogP contribution in [0.25, 0.3) is 0 Å². The van der Waals surface area contributed by atoms with Crippen molar-refractivity contribution in [3.05, 3.63) is 108 Å². The molecule has 340 valence electrons. The Morgan fingerprint density at radius 3 is 0.967 bits per heavy atom. The third-order valence-electron chi connectivity index (χ3n) is 8.79. The van der Waals surface area contributed by atoms with Crippen LogP contribution < -0.4 is 5.32 Å². The summed E-state index contributed by atoms with van der Waals surface area (Å²) in [6.45, 7) is 10.2. The maximum atomic E-state index is 11.4. The van der Waals surface area contributed by atoms with Gasteiger partial charge in [-0.15, -0.1) is 0 Å². The summed E-state index contributed by atoms with van der Waals surface area (Å²) in [5.74, 6) is -1.25. The van der Waals surface area contributed by atoms with Crippen LogP contribution in [0.1, 0.15) is 36.0 Å².